The molecule has 1 aromatic heterocycles. The third-order valence-electron chi connectivity index (χ3n) is 2.38. The molecule has 1 amide bonds. The third kappa shape index (κ3) is 3.17. The average molecular weight is 321 g/mol. The van der Waals surface area contributed by atoms with Gasteiger partial charge in [0.2, 0.25) is 0 Å². The SMILES string of the molecule is O=C(Nc1ccc(Br)c(C(=O)O)c1)c1cccnc1. The lowest BCUT2D eigenvalue weighted by Crippen LogP contribution is -2.12. The number of carbonyl (C=O) groups excluding carboxylic acids is 1. The molecule has 0 fully saturated rings. The molecule has 0 aliphatic heterocycles. The van der Waals surface area contributed by atoms with E-state index in [-0.39, 0.29) is 11.5 Å². The second-order valence-electron chi connectivity index (χ2n) is 3.70. The molecule has 1 aromatic carbocycles. The number of hydrogen-bond donors (Lipinski definition) is 2. The lowest BCUT2D eigenvalue weighted by Gasteiger charge is -2.07. The molecule has 0 aliphatic rings. The van der Waals surface area contributed by atoms with E-state index in [1.807, 2.05) is 0 Å². The highest BCUT2D eigenvalue weighted by Gasteiger charge is 2.11. The van der Waals surface area contributed by atoms with Crippen LogP contribution in [0.4, 0.5) is 5.69 Å². The molecule has 0 aliphatic carbocycles. The van der Waals surface area contributed by atoms with Crippen LogP contribution < -0.4 is 5.32 Å². The summed E-state index contributed by atoms with van der Waals surface area (Å²) in [5.74, 6) is -1.41. The monoisotopic (exact) mass is 320 g/mol. The van der Waals surface area contributed by atoms with E-state index in [9.17, 15) is 9.59 Å². The number of aromatic carboxylic acids is 1. The lowest BCUT2D eigenvalue weighted by molar-refractivity contribution is 0.0695. The Morgan fingerprint density at radius 3 is 2.68 bits per heavy atom. The summed E-state index contributed by atoms with van der Waals surface area (Å²) >= 11 is 3.14. The summed E-state index contributed by atoms with van der Waals surface area (Å²) in [4.78, 5) is 26.7. The molecule has 0 unspecified atom stereocenters. The van der Waals surface area contributed by atoms with Crippen LogP contribution in [0.3, 0.4) is 0 Å². The minimum Gasteiger partial charge on any atom is -0.478 e. The first kappa shape index (κ1) is 13.2. The lowest BCUT2D eigenvalue weighted by atomic mass is 10.2. The Morgan fingerprint density at radius 1 is 1.26 bits per heavy atom. The molecule has 0 bridgehead atoms. The molecule has 6 heteroatoms. The Labute approximate surface area is 117 Å². The van der Waals surface area contributed by atoms with Gasteiger partial charge in [-0.2, -0.15) is 0 Å². The maximum Gasteiger partial charge on any atom is 0.336 e. The molecule has 96 valence electrons. The first-order chi connectivity index (χ1) is 9.08. The molecule has 0 saturated carbocycles. The number of nitrogens with one attached hydrogen (secondary N) is 1. The summed E-state index contributed by atoms with van der Waals surface area (Å²) < 4.78 is 0.458. The molecule has 2 aromatic rings. The van der Waals surface area contributed by atoms with Crippen LogP contribution in [0.25, 0.3) is 0 Å². The van der Waals surface area contributed by atoms with Crippen LogP contribution in [0.15, 0.2) is 47.2 Å². The second kappa shape index (κ2) is 5.62. The number of rotatable bonds is 3. The standard InChI is InChI=1S/C13H9BrN2O3/c14-11-4-3-9(6-10(11)13(18)19)16-12(17)8-2-1-5-15-7-8/h1-7H,(H,16,17)(H,18,19). The fourth-order valence-electron chi connectivity index (χ4n) is 1.47. The van der Waals surface area contributed by atoms with E-state index >= 15 is 0 Å². The third-order valence-corrected chi connectivity index (χ3v) is 3.07. The average Bonchev–Trinajstić information content (AvgIpc) is 2.41. The minimum absolute atomic E-state index is 0.0870. The van der Waals surface area contributed by atoms with Crippen molar-refractivity contribution in [1.82, 2.24) is 4.98 Å². The molecule has 5 nitrogen and oxygen atoms in total. The van der Waals surface area contributed by atoms with Crippen LogP contribution in [-0.4, -0.2) is 22.0 Å². The summed E-state index contributed by atoms with van der Waals surface area (Å²) in [7, 11) is 0. The van der Waals surface area contributed by atoms with Crippen LogP contribution in [0.2, 0.25) is 0 Å². The molecule has 0 saturated heterocycles. The minimum atomic E-state index is -1.07. The summed E-state index contributed by atoms with van der Waals surface area (Å²) in [6, 6.07) is 7.85. The van der Waals surface area contributed by atoms with Gasteiger partial charge in [-0.15, -0.1) is 0 Å². The quantitative estimate of drug-likeness (QED) is 0.911. The number of nitrogens with zero attached hydrogens (tertiary/aromatic N) is 1. The van der Waals surface area contributed by atoms with E-state index in [1.54, 1.807) is 30.5 Å². The molecule has 2 rings (SSSR count). The van der Waals surface area contributed by atoms with Gasteiger partial charge in [0.05, 0.1) is 11.1 Å². The molecule has 1 heterocycles. The van der Waals surface area contributed by atoms with Crippen molar-refractivity contribution in [2.45, 2.75) is 0 Å². The number of carboxylic acids is 1. The fraction of sp³-hybridized carbons (Fsp3) is 0. The van der Waals surface area contributed by atoms with E-state index in [4.69, 9.17) is 5.11 Å². The fourth-order valence-corrected chi connectivity index (χ4v) is 1.88. The van der Waals surface area contributed by atoms with Gasteiger partial charge in [-0.05, 0) is 46.3 Å². The Balaban J connectivity index is 2.23. The van der Waals surface area contributed by atoms with E-state index in [0.29, 0.717) is 15.7 Å². The van der Waals surface area contributed by atoms with Gasteiger partial charge in [0, 0.05) is 22.6 Å². The van der Waals surface area contributed by atoms with Crippen molar-refractivity contribution in [3.8, 4) is 0 Å². The second-order valence-corrected chi connectivity index (χ2v) is 4.55. The summed E-state index contributed by atoms with van der Waals surface area (Å²) in [6.45, 7) is 0. The number of carboxylic acid groups (broad SMARTS) is 1. The highest BCUT2D eigenvalue weighted by molar-refractivity contribution is 9.10. The summed E-state index contributed by atoms with van der Waals surface area (Å²) in [6.07, 6.45) is 3.01. The van der Waals surface area contributed by atoms with Gasteiger partial charge in [-0.1, -0.05) is 0 Å². The Hall–Kier alpha value is -2.21. The van der Waals surface area contributed by atoms with E-state index in [0.717, 1.165) is 0 Å². The van der Waals surface area contributed by atoms with Gasteiger partial charge in [-0.25, -0.2) is 4.79 Å². The Morgan fingerprint density at radius 2 is 2.05 bits per heavy atom. The molecular formula is C13H9BrN2O3. The zero-order valence-corrected chi connectivity index (χ0v) is 11.2. The molecule has 19 heavy (non-hydrogen) atoms. The van der Waals surface area contributed by atoms with Crippen molar-refractivity contribution in [3.05, 3.63) is 58.3 Å². The van der Waals surface area contributed by atoms with Crippen molar-refractivity contribution < 1.29 is 14.7 Å². The molecular weight excluding hydrogens is 312 g/mol. The van der Waals surface area contributed by atoms with Gasteiger partial charge in [-0.3, -0.25) is 9.78 Å². The maximum atomic E-state index is 11.9. The van der Waals surface area contributed by atoms with Crippen molar-refractivity contribution in [1.29, 1.82) is 0 Å². The van der Waals surface area contributed by atoms with Gasteiger partial charge in [0.1, 0.15) is 0 Å². The highest BCUT2D eigenvalue weighted by atomic mass is 79.9. The van der Waals surface area contributed by atoms with Crippen LogP contribution in [-0.2, 0) is 0 Å². The van der Waals surface area contributed by atoms with Crippen molar-refractivity contribution >= 4 is 33.5 Å². The zero-order valence-electron chi connectivity index (χ0n) is 9.63. The topological polar surface area (TPSA) is 79.3 Å². The normalized spacial score (nSPS) is 9.95. The van der Waals surface area contributed by atoms with Gasteiger partial charge in [0.15, 0.2) is 0 Å². The first-order valence-electron chi connectivity index (χ1n) is 5.32. The molecule has 0 spiro atoms. The number of hydrogen-bond acceptors (Lipinski definition) is 3. The van der Waals surface area contributed by atoms with Gasteiger partial charge in [0.25, 0.3) is 5.91 Å². The number of amides is 1. The summed E-state index contributed by atoms with van der Waals surface area (Å²) in [5, 5.41) is 11.6. The largest absolute Gasteiger partial charge is 0.478 e. The maximum absolute atomic E-state index is 11.9. The van der Waals surface area contributed by atoms with Crippen molar-refractivity contribution in [2.75, 3.05) is 5.32 Å². The van der Waals surface area contributed by atoms with Gasteiger partial charge < -0.3 is 10.4 Å². The molecule has 0 atom stereocenters. The zero-order chi connectivity index (χ0) is 13.8. The number of pyridine rings is 1. The smallest absolute Gasteiger partial charge is 0.336 e. The molecule has 0 radical (unpaired) electrons. The van der Waals surface area contributed by atoms with Crippen LogP contribution in [0, 0.1) is 0 Å². The van der Waals surface area contributed by atoms with E-state index in [1.165, 1.54) is 12.3 Å². The summed E-state index contributed by atoms with van der Waals surface area (Å²) in [5.41, 5.74) is 0.903. The predicted octanol–water partition coefficient (Wildman–Crippen LogP) is 2.79. The Kier molecular flexibility index (Phi) is 3.91. The number of halogens is 1. The number of aromatic nitrogens is 1. The Bertz CT molecular complexity index is 629. The van der Waals surface area contributed by atoms with Gasteiger partial charge >= 0.3 is 5.97 Å². The number of anilines is 1. The van der Waals surface area contributed by atoms with Crippen LogP contribution in [0.5, 0.6) is 0 Å². The molecule has 2 N–H and O–H groups in total. The number of benzene rings is 1. The van der Waals surface area contributed by atoms with E-state index < -0.39 is 5.97 Å². The first-order valence-corrected chi connectivity index (χ1v) is 6.11. The van der Waals surface area contributed by atoms with Crippen molar-refractivity contribution in [2.24, 2.45) is 0 Å². The number of carbonyl (C=O) groups is 2. The predicted molar refractivity (Wildman–Crippen MR) is 73.3 cm³/mol. The van der Waals surface area contributed by atoms with Crippen molar-refractivity contribution in [3.63, 3.8) is 0 Å². The van der Waals surface area contributed by atoms with Crippen LogP contribution >= 0.6 is 15.9 Å². The van der Waals surface area contributed by atoms with Crippen LogP contribution in [0.1, 0.15) is 20.7 Å². The highest BCUT2D eigenvalue weighted by Crippen LogP contribution is 2.21. The van der Waals surface area contributed by atoms with E-state index in [2.05, 4.69) is 26.2 Å².